The highest BCUT2D eigenvalue weighted by Gasteiger charge is 2.27. The lowest BCUT2D eigenvalue weighted by atomic mass is 9.99. The van der Waals surface area contributed by atoms with Crippen LogP contribution >= 0.6 is 11.6 Å². The Morgan fingerprint density at radius 1 is 0.977 bits per heavy atom. The van der Waals surface area contributed by atoms with Gasteiger partial charge in [0.15, 0.2) is 15.7 Å². The predicted octanol–water partition coefficient (Wildman–Crippen LogP) is 5.61. The zero-order chi connectivity index (χ0) is 30.6. The van der Waals surface area contributed by atoms with Gasteiger partial charge in [0.2, 0.25) is 5.95 Å². The maximum absolute atomic E-state index is 13.0. The lowest BCUT2D eigenvalue weighted by molar-refractivity contribution is 0.0964. The first-order chi connectivity index (χ1) is 20.7. The first-order valence-electron chi connectivity index (χ1n) is 14.9. The summed E-state index contributed by atoms with van der Waals surface area (Å²) < 4.78 is 25.9. The van der Waals surface area contributed by atoms with E-state index in [1.54, 1.807) is 45.2 Å². The highest BCUT2D eigenvalue weighted by Crippen LogP contribution is 2.32. The smallest absolute Gasteiger partial charge is 0.253 e. The van der Waals surface area contributed by atoms with E-state index in [-0.39, 0.29) is 27.6 Å². The average Bonchev–Trinajstić information content (AvgIpc) is 3.03. The first kappa shape index (κ1) is 31.0. The zero-order valence-electron chi connectivity index (χ0n) is 24.9. The summed E-state index contributed by atoms with van der Waals surface area (Å²) in [7, 11) is -1.95. The van der Waals surface area contributed by atoms with Crippen LogP contribution in [-0.2, 0) is 9.84 Å². The molecule has 5 rings (SSSR count). The number of hydrogen-bond donors (Lipinski definition) is 3. The molecule has 1 aromatic heterocycles. The Kier molecular flexibility index (Phi) is 9.73. The molecule has 0 aliphatic carbocycles. The van der Waals surface area contributed by atoms with Gasteiger partial charge in [-0.2, -0.15) is 4.98 Å². The molecular formula is C31H40ClN7O3S. The number of nitrogens with one attached hydrogen (secondary N) is 3. The third-order valence-electron chi connectivity index (χ3n) is 8.27. The normalized spacial score (nSPS) is 16.7. The van der Waals surface area contributed by atoms with Gasteiger partial charge in [0.25, 0.3) is 5.91 Å². The van der Waals surface area contributed by atoms with E-state index in [0.29, 0.717) is 23.0 Å². The molecule has 0 radical (unpaired) electrons. The summed E-state index contributed by atoms with van der Waals surface area (Å²) in [5, 5.41) is 8.58. The molecule has 3 aromatic rings. The van der Waals surface area contributed by atoms with Gasteiger partial charge in [-0.15, -0.1) is 0 Å². The zero-order valence-corrected chi connectivity index (χ0v) is 26.5. The van der Waals surface area contributed by atoms with E-state index >= 15 is 0 Å². The summed E-state index contributed by atoms with van der Waals surface area (Å²) >= 11 is 6.41. The van der Waals surface area contributed by atoms with E-state index < -0.39 is 15.1 Å². The SMILES string of the molecule is CNC(=O)c1cc(N2CCC(N3CCCCC3)CC2)ccc1Nc1ncc(Cl)c(Nc2ccccc2S(=O)(=O)C(C)C)n1. The molecule has 0 spiro atoms. The number of benzene rings is 2. The molecule has 12 heteroatoms. The Balaban J connectivity index is 1.35. The molecule has 3 N–H and O–H groups in total. The molecule has 2 fully saturated rings. The lowest BCUT2D eigenvalue weighted by Gasteiger charge is -2.41. The Morgan fingerprint density at radius 3 is 2.40 bits per heavy atom. The molecule has 0 saturated carbocycles. The summed E-state index contributed by atoms with van der Waals surface area (Å²) in [5.74, 6) is 0.212. The number of carbonyl (C=O) groups excluding carboxylic acids is 1. The molecule has 2 aliphatic rings. The van der Waals surface area contributed by atoms with Crippen LogP contribution in [0.4, 0.5) is 28.8 Å². The molecule has 2 saturated heterocycles. The monoisotopic (exact) mass is 625 g/mol. The van der Waals surface area contributed by atoms with Crippen molar-refractivity contribution < 1.29 is 13.2 Å². The van der Waals surface area contributed by atoms with Gasteiger partial charge in [0, 0.05) is 31.9 Å². The van der Waals surface area contributed by atoms with E-state index in [1.807, 2.05) is 18.2 Å². The van der Waals surface area contributed by atoms with Gasteiger partial charge in [0.1, 0.15) is 5.02 Å². The number of anilines is 5. The third-order valence-corrected chi connectivity index (χ3v) is 10.8. The van der Waals surface area contributed by atoms with Crippen molar-refractivity contribution in [3.05, 3.63) is 59.2 Å². The quantitative estimate of drug-likeness (QED) is 0.279. The van der Waals surface area contributed by atoms with E-state index in [4.69, 9.17) is 11.6 Å². The number of likely N-dealkylation sites (tertiary alicyclic amines) is 1. The van der Waals surface area contributed by atoms with E-state index in [0.717, 1.165) is 31.6 Å². The van der Waals surface area contributed by atoms with Gasteiger partial charge in [-0.1, -0.05) is 30.2 Å². The Morgan fingerprint density at radius 2 is 1.70 bits per heavy atom. The number of nitrogens with zero attached hydrogens (tertiary/aromatic N) is 4. The predicted molar refractivity (Wildman–Crippen MR) is 173 cm³/mol. The summed E-state index contributed by atoms with van der Waals surface area (Å²) in [6.07, 6.45) is 7.60. The highest BCUT2D eigenvalue weighted by atomic mass is 35.5. The number of amides is 1. The summed E-state index contributed by atoms with van der Waals surface area (Å²) in [6.45, 7) is 7.59. The second kappa shape index (κ2) is 13.5. The maximum Gasteiger partial charge on any atom is 0.253 e. The summed E-state index contributed by atoms with van der Waals surface area (Å²) in [4.78, 5) is 26.9. The van der Waals surface area contributed by atoms with E-state index in [9.17, 15) is 13.2 Å². The van der Waals surface area contributed by atoms with Crippen molar-refractivity contribution in [1.29, 1.82) is 0 Å². The third kappa shape index (κ3) is 7.05. The maximum atomic E-state index is 13.0. The van der Waals surface area contributed by atoms with Crippen LogP contribution in [0.5, 0.6) is 0 Å². The molecule has 1 amide bonds. The molecule has 10 nitrogen and oxygen atoms in total. The van der Waals surface area contributed by atoms with Crippen LogP contribution in [0.25, 0.3) is 0 Å². The Bertz CT molecular complexity index is 1550. The van der Waals surface area contributed by atoms with Crippen molar-refractivity contribution in [2.24, 2.45) is 0 Å². The summed E-state index contributed by atoms with van der Waals surface area (Å²) in [6, 6.07) is 13.1. The van der Waals surface area contributed by atoms with Crippen LogP contribution < -0.4 is 20.9 Å². The second-order valence-electron chi connectivity index (χ2n) is 11.4. The molecule has 0 unspecified atom stereocenters. The fraction of sp³-hybridized carbons (Fsp3) is 0.452. The molecule has 230 valence electrons. The van der Waals surface area contributed by atoms with Gasteiger partial charge in [0.05, 0.1) is 33.3 Å². The number of piperidine rings is 2. The van der Waals surface area contributed by atoms with Crippen LogP contribution in [0, 0.1) is 0 Å². The van der Waals surface area contributed by atoms with Crippen molar-refractivity contribution in [3.8, 4) is 0 Å². The van der Waals surface area contributed by atoms with Crippen LogP contribution in [0.15, 0.2) is 53.6 Å². The molecule has 3 heterocycles. The Labute approximate surface area is 259 Å². The minimum absolute atomic E-state index is 0.159. The van der Waals surface area contributed by atoms with Crippen LogP contribution in [-0.4, -0.2) is 73.7 Å². The number of halogens is 1. The van der Waals surface area contributed by atoms with Crippen molar-refractivity contribution in [2.45, 2.75) is 62.1 Å². The standard InChI is InChI=1S/C31H40ClN7O3S/c1-21(2)43(41,42)28-10-6-5-9-27(28)35-29-25(32)20-34-31(37-29)36-26-12-11-23(19-24(26)30(40)33-3)39-17-13-22(14-18-39)38-15-7-4-8-16-38/h5-6,9-12,19-22H,4,7-8,13-18H2,1-3H3,(H,33,40)(H2,34,35,36,37). The van der Waals surface area contributed by atoms with Crippen molar-refractivity contribution >= 4 is 56.2 Å². The summed E-state index contributed by atoms with van der Waals surface area (Å²) in [5.41, 5.74) is 2.38. The number of hydrogen-bond acceptors (Lipinski definition) is 9. The topological polar surface area (TPSA) is 120 Å². The van der Waals surface area contributed by atoms with Crippen molar-refractivity contribution in [2.75, 3.05) is 48.8 Å². The van der Waals surface area contributed by atoms with Gasteiger partial charge in [-0.05, 0) is 83.0 Å². The van der Waals surface area contributed by atoms with Crippen LogP contribution in [0.3, 0.4) is 0 Å². The average molecular weight is 626 g/mol. The van der Waals surface area contributed by atoms with E-state index in [2.05, 4.69) is 35.7 Å². The molecule has 43 heavy (non-hydrogen) atoms. The van der Waals surface area contributed by atoms with Crippen LogP contribution in [0.2, 0.25) is 5.02 Å². The minimum Gasteiger partial charge on any atom is -0.371 e. The fourth-order valence-electron chi connectivity index (χ4n) is 5.77. The Hall–Kier alpha value is -3.41. The van der Waals surface area contributed by atoms with Gasteiger partial charge >= 0.3 is 0 Å². The van der Waals surface area contributed by atoms with Gasteiger partial charge in [-0.3, -0.25) is 4.79 Å². The fourth-order valence-corrected chi connectivity index (χ4v) is 7.11. The van der Waals surface area contributed by atoms with Gasteiger partial charge in [-0.25, -0.2) is 13.4 Å². The number of carbonyl (C=O) groups is 1. The first-order valence-corrected chi connectivity index (χ1v) is 16.8. The molecular weight excluding hydrogens is 586 g/mol. The van der Waals surface area contributed by atoms with Crippen LogP contribution in [0.1, 0.15) is 56.3 Å². The number of rotatable bonds is 9. The lowest BCUT2D eigenvalue weighted by Crippen LogP contribution is -2.46. The van der Waals surface area contributed by atoms with E-state index in [1.165, 1.54) is 38.5 Å². The largest absolute Gasteiger partial charge is 0.371 e. The molecule has 0 atom stereocenters. The molecule has 0 bridgehead atoms. The minimum atomic E-state index is -3.56. The number of aromatic nitrogens is 2. The van der Waals surface area contributed by atoms with Gasteiger partial charge < -0.3 is 25.8 Å². The second-order valence-corrected chi connectivity index (χ2v) is 14.2. The van der Waals surface area contributed by atoms with Crippen molar-refractivity contribution in [3.63, 3.8) is 0 Å². The number of sulfone groups is 1. The highest BCUT2D eigenvalue weighted by molar-refractivity contribution is 7.92. The molecule has 2 aromatic carbocycles. The molecule has 2 aliphatic heterocycles. The number of para-hydroxylation sites is 1. The van der Waals surface area contributed by atoms with Crippen molar-refractivity contribution in [1.82, 2.24) is 20.2 Å².